The first-order chi connectivity index (χ1) is 11.0. The van der Waals surface area contributed by atoms with Gasteiger partial charge in [-0.3, -0.25) is 0 Å². The third kappa shape index (κ3) is 2.49. The number of anilines is 2. The van der Waals surface area contributed by atoms with Crippen LogP contribution in [-0.2, 0) is 19.0 Å². The van der Waals surface area contributed by atoms with E-state index in [1.54, 1.807) is 6.07 Å². The van der Waals surface area contributed by atoms with E-state index in [4.69, 9.17) is 0 Å². The molecule has 0 radical (unpaired) electrons. The molecule has 0 unspecified atom stereocenters. The lowest BCUT2D eigenvalue weighted by atomic mass is 10.1. The lowest BCUT2D eigenvalue weighted by Gasteiger charge is -2.09. The highest BCUT2D eigenvalue weighted by Gasteiger charge is 2.37. The van der Waals surface area contributed by atoms with Gasteiger partial charge in [0.15, 0.2) is 11.5 Å². The summed E-state index contributed by atoms with van der Waals surface area (Å²) in [7, 11) is 0. The molecule has 4 rings (SSSR count). The fourth-order valence-electron chi connectivity index (χ4n) is 2.83. The van der Waals surface area contributed by atoms with Crippen molar-refractivity contribution >= 4 is 17.2 Å². The molecular weight excluding hydrogens is 307 g/mol. The van der Waals surface area contributed by atoms with Crippen LogP contribution in [-0.4, -0.2) is 19.8 Å². The molecule has 0 fully saturated rings. The fourth-order valence-corrected chi connectivity index (χ4v) is 2.83. The van der Waals surface area contributed by atoms with Gasteiger partial charge in [0.25, 0.3) is 5.82 Å². The second-order valence-electron chi connectivity index (χ2n) is 5.47. The van der Waals surface area contributed by atoms with Crippen molar-refractivity contribution in [1.82, 2.24) is 19.8 Å². The highest BCUT2D eigenvalue weighted by Crippen LogP contribution is 2.29. The van der Waals surface area contributed by atoms with E-state index < -0.39 is 12.0 Å². The Bertz CT molecular complexity index is 884. The van der Waals surface area contributed by atoms with Gasteiger partial charge >= 0.3 is 6.18 Å². The molecule has 0 amide bonds. The van der Waals surface area contributed by atoms with E-state index in [1.165, 1.54) is 17.2 Å². The number of rotatable bonds is 2. The van der Waals surface area contributed by atoms with Crippen molar-refractivity contribution in [3.05, 3.63) is 47.3 Å². The Labute approximate surface area is 129 Å². The largest absolute Gasteiger partial charge is 0.453 e. The van der Waals surface area contributed by atoms with Gasteiger partial charge in [-0.2, -0.15) is 17.7 Å². The molecule has 1 aliphatic carbocycles. The minimum absolute atomic E-state index is 0.0526. The summed E-state index contributed by atoms with van der Waals surface area (Å²) in [4.78, 5) is 0. The van der Waals surface area contributed by atoms with Crippen molar-refractivity contribution in [2.75, 3.05) is 5.32 Å². The van der Waals surface area contributed by atoms with Crippen LogP contribution in [0.2, 0.25) is 0 Å². The van der Waals surface area contributed by atoms with Crippen molar-refractivity contribution in [2.24, 2.45) is 0 Å². The number of halogens is 3. The van der Waals surface area contributed by atoms with Crippen LogP contribution in [0.3, 0.4) is 0 Å². The highest BCUT2D eigenvalue weighted by molar-refractivity contribution is 5.59. The maximum atomic E-state index is 12.9. The van der Waals surface area contributed by atoms with Gasteiger partial charge in [-0.25, -0.2) is 0 Å². The number of alkyl halides is 3. The van der Waals surface area contributed by atoms with Crippen LogP contribution in [0.25, 0.3) is 5.65 Å². The molecule has 0 bridgehead atoms. The molecule has 1 aliphatic rings. The summed E-state index contributed by atoms with van der Waals surface area (Å²) in [5.41, 5.74) is 3.46. The van der Waals surface area contributed by atoms with Crippen molar-refractivity contribution in [1.29, 1.82) is 0 Å². The summed E-state index contributed by atoms with van der Waals surface area (Å²) in [6, 6.07) is 9.00. The topological polar surface area (TPSA) is 55.1 Å². The van der Waals surface area contributed by atoms with E-state index in [-0.39, 0.29) is 5.65 Å². The standard InChI is InChI=1S/C15H12F3N5/c16-15(17,18)14-21-20-13-7-6-12(22-23(13)14)19-11-5-4-9-2-1-3-10(9)8-11/h4-8H,1-3H2,(H,19,22). The Morgan fingerprint density at radius 3 is 2.65 bits per heavy atom. The Morgan fingerprint density at radius 2 is 1.83 bits per heavy atom. The number of aryl methyl sites for hydroxylation is 2. The first-order valence-electron chi connectivity index (χ1n) is 7.19. The highest BCUT2D eigenvalue weighted by atomic mass is 19.4. The summed E-state index contributed by atoms with van der Waals surface area (Å²) in [6.45, 7) is 0. The molecule has 0 atom stereocenters. The molecule has 5 nitrogen and oxygen atoms in total. The first-order valence-corrected chi connectivity index (χ1v) is 7.19. The predicted octanol–water partition coefficient (Wildman–Crippen LogP) is 3.38. The zero-order valence-electron chi connectivity index (χ0n) is 11.9. The number of hydrogen-bond donors (Lipinski definition) is 1. The third-order valence-electron chi connectivity index (χ3n) is 3.89. The smallest absolute Gasteiger partial charge is 0.339 e. The molecule has 8 heteroatoms. The molecule has 0 aliphatic heterocycles. The first kappa shape index (κ1) is 14.0. The van der Waals surface area contributed by atoms with E-state index in [1.807, 2.05) is 18.2 Å². The van der Waals surface area contributed by atoms with Gasteiger partial charge in [-0.1, -0.05) is 6.07 Å². The average Bonchev–Trinajstić information content (AvgIpc) is 3.11. The molecule has 118 valence electrons. The molecule has 0 saturated carbocycles. The van der Waals surface area contributed by atoms with Crippen LogP contribution in [0, 0.1) is 0 Å². The minimum atomic E-state index is -4.60. The second-order valence-corrected chi connectivity index (χ2v) is 5.47. The van der Waals surface area contributed by atoms with Gasteiger partial charge in [0.1, 0.15) is 0 Å². The van der Waals surface area contributed by atoms with Crippen LogP contribution in [0.4, 0.5) is 24.7 Å². The Hall–Kier alpha value is -2.64. The predicted molar refractivity (Wildman–Crippen MR) is 77.5 cm³/mol. The second kappa shape index (κ2) is 4.94. The van der Waals surface area contributed by atoms with Gasteiger partial charge in [-0.15, -0.1) is 15.3 Å². The van der Waals surface area contributed by atoms with Crippen LogP contribution in [0.1, 0.15) is 23.4 Å². The SMILES string of the molecule is FC(F)(F)c1nnc2ccc(Nc3ccc4c(c3)CCC4)nn12. The number of aromatic nitrogens is 4. The van der Waals surface area contributed by atoms with Crippen LogP contribution in [0.15, 0.2) is 30.3 Å². The van der Waals surface area contributed by atoms with Gasteiger partial charge in [0.2, 0.25) is 0 Å². The maximum Gasteiger partial charge on any atom is 0.453 e. The number of benzene rings is 1. The monoisotopic (exact) mass is 319 g/mol. The minimum Gasteiger partial charge on any atom is -0.339 e. The van der Waals surface area contributed by atoms with Gasteiger partial charge < -0.3 is 5.32 Å². The molecule has 2 aromatic heterocycles. The zero-order valence-corrected chi connectivity index (χ0v) is 11.9. The van der Waals surface area contributed by atoms with E-state index in [9.17, 15) is 13.2 Å². The lowest BCUT2D eigenvalue weighted by Crippen LogP contribution is -2.13. The normalized spacial score (nSPS) is 14.2. The van der Waals surface area contributed by atoms with E-state index >= 15 is 0 Å². The van der Waals surface area contributed by atoms with Gasteiger partial charge in [-0.05, 0) is 54.7 Å². The Morgan fingerprint density at radius 1 is 1.00 bits per heavy atom. The lowest BCUT2D eigenvalue weighted by molar-refractivity contribution is -0.146. The molecule has 23 heavy (non-hydrogen) atoms. The summed E-state index contributed by atoms with van der Waals surface area (Å²) in [5, 5.41) is 13.6. The molecule has 2 heterocycles. The Kier molecular flexibility index (Phi) is 3.00. The summed E-state index contributed by atoms with van der Waals surface area (Å²) >= 11 is 0. The number of hydrogen-bond acceptors (Lipinski definition) is 4. The van der Waals surface area contributed by atoms with Crippen molar-refractivity contribution in [2.45, 2.75) is 25.4 Å². The molecular formula is C15H12F3N5. The number of fused-ring (bicyclic) bond motifs is 2. The Balaban J connectivity index is 1.69. The van der Waals surface area contributed by atoms with Crippen molar-refractivity contribution in [3.63, 3.8) is 0 Å². The summed E-state index contributed by atoms with van der Waals surface area (Å²) in [5.74, 6) is -0.828. The maximum absolute atomic E-state index is 12.9. The third-order valence-corrected chi connectivity index (χ3v) is 3.89. The van der Waals surface area contributed by atoms with Gasteiger partial charge in [0, 0.05) is 5.69 Å². The average molecular weight is 319 g/mol. The van der Waals surface area contributed by atoms with Gasteiger partial charge in [0.05, 0.1) is 0 Å². The molecule has 3 aromatic rings. The van der Waals surface area contributed by atoms with E-state index in [0.29, 0.717) is 10.3 Å². The number of nitrogens with zero attached hydrogens (tertiary/aromatic N) is 4. The molecule has 1 N–H and O–H groups in total. The van der Waals surface area contributed by atoms with Crippen molar-refractivity contribution in [3.8, 4) is 0 Å². The van der Waals surface area contributed by atoms with E-state index in [2.05, 4.69) is 20.6 Å². The molecule has 0 saturated heterocycles. The molecule has 1 aromatic carbocycles. The van der Waals surface area contributed by atoms with Crippen LogP contribution < -0.4 is 5.32 Å². The van der Waals surface area contributed by atoms with E-state index in [0.717, 1.165) is 24.9 Å². The quantitative estimate of drug-likeness (QED) is 0.787. The van der Waals surface area contributed by atoms with Crippen molar-refractivity contribution < 1.29 is 13.2 Å². The molecule has 0 spiro atoms. The fraction of sp³-hybridized carbons (Fsp3) is 0.267. The number of nitrogens with one attached hydrogen (secondary N) is 1. The summed E-state index contributed by atoms with van der Waals surface area (Å²) < 4.78 is 39.3. The van der Waals surface area contributed by atoms with Crippen LogP contribution >= 0.6 is 0 Å². The van der Waals surface area contributed by atoms with Crippen LogP contribution in [0.5, 0.6) is 0 Å². The summed E-state index contributed by atoms with van der Waals surface area (Å²) in [6.07, 6.45) is -1.35. The zero-order chi connectivity index (χ0) is 16.0.